The van der Waals surface area contributed by atoms with Crippen molar-refractivity contribution in [3.63, 3.8) is 0 Å². The van der Waals surface area contributed by atoms with Crippen LogP contribution in [0.2, 0.25) is 0 Å². The van der Waals surface area contributed by atoms with Crippen molar-refractivity contribution < 1.29 is 14.6 Å². The standard InChI is InChI=1S/C27H26N4O3/c32-16(14-30-9-11-34-12-10-30)15-31-21-8-4-2-6-18(21)23-24-19(13-28-27(24)33)22-17-5-1-3-7-20(17)29-25(22)26(23)31/h1-8,16,29,32H,9-15H2,(H,28,33). The second kappa shape index (κ2) is 7.56. The van der Waals surface area contributed by atoms with Gasteiger partial charge in [-0.05, 0) is 17.7 Å². The molecule has 1 fully saturated rings. The van der Waals surface area contributed by atoms with Gasteiger partial charge in [-0.15, -0.1) is 0 Å². The molecule has 1 unspecified atom stereocenters. The molecular formula is C27H26N4O3. The zero-order valence-electron chi connectivity index (χ0n) is 18.8. The number of nitrogens with one attached hydrogen (secondary N) is 2. The number of benzene rings is 3. The van der Waals surface area contributed by atoms with Gasteiger partial charge >= 0.3 is 0 Å². The summed E-state index contributed by atoms with van der Waals surface area (Å²) in [5.41, 5.74) is 5.93. The number of carbonyl (C=O) groups is 1. The molecule has 0 radical (unpaired) electrons. The largest absolute Gasteiger partial charge is 0.390 e. The molecule has 7 nitrogen and oxygen atoms in total. The van der Waals surface area contributed by atoms with E-state index in [1.807, 2.05) is 24.3 Å². The summed E-state index contributed by atoms with van der Waals surface area (Å²) in [7, 11) is 0. The van der Waals surface area contributed by atoms with Crippen LogP contribution >= 0.6 is 0 Å². The van der Waals surface area contributed by atoms with E-state index >= 15 is 0 Å². The highest BCUT2D eigenvalue weighted by molar-refractivity contribution is 6.30. The maximum atomic E-state index is 13.1. The maximum Gasteiger partial charge on any atom is 0.252 e. The molecule has 0 bridgehead atoms. The molecule has 0 saturated carbocycles. The first-order valence-corrected chi connectivity index (χ1v) is 11.9. The zero-order chi connectivity index (χ0) is 22.8. The molecule has 2 aliphatic rings. The minimum absolute atomic E-state index is 0.0241. The number of morpholine rings is 1. The van der Waals surface area contributed by atoms with Crippen LogP contribution in [0.5, 0.6) is 0 Å². The van der Waals surface area contributed by atoms with Crippen LogP contribution in [0, 0.1) is 0 Å². The number of hydrogen-bond donors (Lipinski definition) is 3. The summed E-state index contributed by atoms with van der Waals surface area (Å²) >= 11 is 0. The predicted molar refractivity (Wildman–Crippen MR) is 133 cm³/mol. The summed E-state index contributed by atoms with van der Waals surface area (Å²) in [6, 6.07) is 16.5. The molecule has 2 aliphatic heterocycles. The van der Waals surface area contributed by atoms with Gasteiger partial charge in [0.25, 0.3) is 5.91 Å². The Kier molecular flexibility index (Phi) is 4.45. The van der Waals surface area contributed by atoms with Crippen LogP contribution in [0.4, 0.5) is 0 Å². The summed E-state index contributed by atoms with van der Waals surface area (Å²) in [4.78, 5) is 19.0. The monoisotopic (exact) mass is 454 g/mol. The molecule has 3 aromatic carbocycles. The lowest BCUT2D eigenvalue weighted by Crippen LogP contribution is -2.42. The molecule has 5 aromatic rings. The molecule has 1 saturated heterocycles. The van der Waals surface area contributed by atoms with Crippen LogP contribution in [0.3, 0.4) is 0 Å². The van der Waals surface area contributed by atoms with Crippen molar-refractivity contribution in [3.05, 3.63) is 59.7 Å². The number of fused-ring (bicyclic) bond motifs is 10. The van der Waals surface area contributed by atoms with Gasteiger partial charge in [0.1, 0.15) is 0 Å². The first-order chi connectivity index (χ1) is 16.7. The molecule has 4 heterocycles. The molecule has 7 heteroatoms. The van der Waals surface area contributed by atoms with Crippen LogP contribution in [0.1, 0.15) is 15.9 Å². The highest BCUT2D eigenvalue weighted by atomic mass is 16.5. The van der Waals surface area contributed by atoms with E-state index < -0.39 is 6.10 Å². The average molecular weight is 455 g/mol. The van der Waals surface area contributed by atoms with Gasteiger partial charge in [0.15, 0.2) is 0 Å². The second-order valence-corrected chi connectivity index (χ2v) is 9.37. The number of hydrogen-bond acceptors (Lipinski definition) is 4. The fraction of sp³-hybridized carbons (Fsp3) is 0.296. The molecule has 1 atom stereocenters. The number of aliphatic hydroxyl groups excluding tert-OH is 1. The molecule has 1 amide bonds. The quantitative estimate of drug-likeness (QED) is 0.389. The van der Waals surface area contributed by atoms with Gasteiger partial charge in [0.2, 0.25) is 0 Å². The first kappa shape index (κ1) is 20.0. The second-order valence-electron chi connectivity index (χ2n) is 9.37. The highest BCUT2D eigenvalue weighted by Crippen LogP contribution is 2.43. The Morgan fingerprint density at radius 1 is 0.971 bits per heavy atom. The van der Waals surface area contributed by atoms with Crippen LogP contribution in [-0.4, -0.2) is 64.4 Å². The van der Waals surface area contributed by atoms with Gasteiger partial charge in [-0.25, -0.2) is 0 Å². The van der Waals surface area contributed by atoms with Crippen molar-refractivity contribution in [3.8, 4) is 0 Å². The van der Waals surface area contributed by atoms with Crippen molar-refractivity contribution in [2.75, 3.05) is 32.8 Å². The van der Waals surface area contributed by atoms with Crippen LogP contribution in [0.15, 0.2) is 48.5 Å². The number of aromatic nitrogens is 2. The Morgan fingerprint density at radius 3 is 2.59 bits per heavy atom. The Balaban J connectivity index is 1.51. The molecule has 0 spiro atoms. The highest BCUT2D eigenvalue weighted by Gasteiger charge is 2.31. The van der Waals surface area contributed by atoms with E-state index in [2.05, 4.69) is 44.0 Å². The number of H-pyrrole nitrogens is 1. The third kappa shape index (κ3) is 2.84. The number of nitrogens with zero attached hydrogens (tertiary/aromatic N) is 2. The molecule has 3 N–H and O–H groups in total. The number of aromatic amines is 1. The lowest BCUT2D eigenvalue weighted by molar-refractivity contribution is 0.0120. The summed E-state index contributed by atoms with van der Waals surface area (Å²) in [6.45, 7) is 4.67. The summed E-state index contributed by atoms with van der Waals surface area (Å²) in [5, 5.41) is 18.5. The van der Waals surface area contributed by atoms with E-state index in [9.17, 15) is 9.90 Å². The number of para-hydroxylation sites is 2. The number of ether oxygens (including phenoxy) is 1. The third-order valence-electron chi connectivity index (χ3n) is 7.39. The van der Waals surface area contributed by atoms with Crippen LogP contribution in [0.25, 0.3) is 43.6 Å². The van der Waals surface area contributed by atoms with Crippen LogP contribution in [-0.2, 0) is 17.8 Å². The van der Waals surface area contributed by atoms with E-state index in [0.29, 0.717) is 32.8 Å². The number of carbonyl (C=O) groups excluding carboxylic acids is 1. The van der Waals surface area contributed by atoms with Crippen molar-refractivity contribution in [2.24, 2.45) is 0 Å². The first-order valence-electron chi connectivity index (χ1n) is 11.9. The minimum atomic E-state index is -0.543. The zero-order valence-corrected chi connectivity index (χ0v) is 18.8. The lowest BCUT2D eigenvalue weighted by Gasteiger charge is -2.28. The minimum Gasteiger partial charge on any atom is -0.390 e. The molecule has 172 valence electrons. The van der Waals surface area contributed by atoms with Gasteiger partial charge in [0.05, 0.1) is 42.5 Å². The molecular weight excluding hydrogens is 428 g/mol. The predicted octanol–water partition coefficient (Wildman–Crippen LogP) is 3.37. The summed E-state index contributed by atoms with van der Waals surface area (Å²) < 4.78 is 7.67. The topological polar surface area (TPSA) is 82.5 Å². The average Bonchev–Trinajstić information content (AvgIpc) is 3.52. The van der Waals surface area contributed by atoms with E-state index in [1.165, 1.54) is 0 Å². The van der Waals surface area contributed by atoms with Gasteiger partial charge in [-0.2, -0.15) is 0 Å². The molecule has 0 aliphatic carbocycles. The Bertz CT molecular complexity index is 1590. The number of rotatable bonds is 4. The van der Waals surface area contributed by atoms with E-state index in [-0.39, 0.29) is 5.91 Å². The summed E-state index contributed by atoms with van der Waals surface area (Å²) in [6.07, 6.45) is -0.543. The smallest absolute Gasteiger partial charge is 0.252 e. The van der Waals surface area contributed by atoms with Gasteiger partial charge in [-0.3, -0.25) is 9.69 Å². The number of β-amino-alcohol motifs (C(OH)–C–C–N with tert-alkyl or cyclic N) is 1. The molecule has 7 rings (SSSR count). The van der Waals surface area contributed by atoms with Crippen molar-refractivity contribution in [1.29, 1.82) is 0 Å². The van der Waals surface area contributed by atoms with Crippen molar-refractivity contribution >= 4 is 49.5 Å². The third-order valence-corrected chi connectivity index (χ3v) is 7.39. The van der Waals surface area contributed by atoms with Crippen molar-refractivity contribution in [1.82, 2.24) is 19.8 Å². The Labute approximate surface area is 195 Å². The maximum absolute atomic E-state index is 13.1. The fourth-order valence-corrected chi connectivity index (χ4v) is 5.95. The van der Waals surface area contributed by atoms with E-state index in [4.69, 9.17) is 4.74 Å². The normalized spacial score (nSPS) is 17.7. The SMILES string of the molecule is O=C1NCc2c1c1c3ccccc3n(CC(O)CN3CCOCC3)c1c1[nH]c3ccccc3c21. The van der Waals surface area contributed by atoms with Gasteiger partial charge < -0.3 is 24.7 Å². The Morgan fingerprint density at radius 2 is 1.74 bits per heavy atom. The molecule has 34 heavy (non-hydrogen) atoms. The number of amides is 1. The fourth-order valence-electron chi connectivity index (χ4n) is 5.95. The van der Waals surface area contributed by atoms with Crippen molar-refractivity contribution in [2.45, 2.75) is 19.2 Å². The summed E-state index contributed by atoms with van der Waals surface area (Å²) in [5.74, 6) is -0.0241. The lowest BCUT2D eigenvalue weighted by atomic mass is 9.97. The van der Waals surface area contributed by atoms with Crippen LogP contribution < -0.4 is 5.32 Å². The molecule has 2 aromatic heterocycles. The Hall–Kier alpha value is -3.39. The number of aliphatic hydroxyl groups is 1. The van der Waals surface area contributed by atoms with Gasteiger partial charge in [-0.1, -0.05) is 36.4 Å². The van der Waals surface area contributed by atoms with Gasteiger partial charge in [0, 0.05) is 58.8 Å². The van der Waals surface area contributed by atoms with E-state index in [1.54, 1.807) is 0 Å². The van der Waals surface area contributed by atoms with E-state index in [0.717, 1.165) is 67.8 Å².